The summed E-state index contributed by atoms with van der Waals surface area (Å²) in [7, 11) is 3.27. The second kappa shape index (κ2) is 21.6. The third-order valence-corrected chi connectivity index (χ3v) is 9.93. The fraction of sp³-hybridized carbons (Fsp3) is 0.318. The molecule has 1 aliphatic rings. The summed E-state index contributed by atoms with van der Waals surface area (Å²) < 4.78 is 51.4. The van der Waals surface area contributed by atoms with Gasteiger partial charge in [0.2, 0.25) is 0 Å². The predicted molar refractivity (Wildman–Crippen MR) is 235 cm³/mol. The van der Waals surface area contributed by atoms with E-state index in [2.05, 4.69) is 41.2 Å². The molecule has 7 heterocycles. The first kappa shape index (κ1) is 43.9. The number of aromatic nitrogens is 14. The minimum Gasteiger partial charge on any atom is -0.491 e. The Bertz CT molecular complexity index is 2480. The molecule has 0 unspecified atom stereocenters. The van der Waals surface area contributed by atoms with Crippen LogP contribution in [0.1, 0.15) is 0 Å². The highest BCUT2D eigenvalue weighted by atomic mass is 16.6. The van der Waals surface area contributed by atoms with Crippen LogP contribution in [0.2, 0.25) is 0 Å². The SMILES string of the molecule is COCCOCCOCCOc1cc2cc(c1)-n1cc(nn1)-c1cccc(n1)-c1cn(nn1)-c1cc(OCCOCCOCCOC)cc(c1)-n1cc(nn1)-c1cccc(n1)-c1cn-2nn1. The van der Waals surface area contributed by atoms with Crippen molar-refractivity contribution >= 4 is 0 Å². The molecule has 0 aliphatic carbocycles. The van der Waals surface area contributed by atoms with Gasteiger partial charge in [-0.15, -0.1) is 20.4 Å². The van der Waals surface area contributed by atoms with Crippen molar-refractivity contribution in [3.8, 4) is 79.8 Å². The van der Waals surface area contributed by atoms with Gasteiger partial charge in [-0.25, -0.2) is 28.7 Å². The Labute approximate surface area is 377 Å². The summed E-state index contributed by atoms with van der Waals surface area (Å²) in [5.74, 6) is 1.11. The van der Waals surface area contributed by atoms with Gasteiger partial charge in [0.25, 0.3) is 0 Å². The zero-order valence-electron chi connectivity index (χ0n) is 36.2. The number of hydrogen-bond donors (Lipinski definition) is 0. The molecule has 0 amide bonds. The zero-order chi connectivity index (χ0) is 44.9. The molecular formula is C44H46N14O8. The first-order valence-corrected chi connectivity index (χ1v) is 21.1. The molecule has 8 aromatic rings. The maximum Gasteiger partial charge on any atom is 0.131 e. The Balaban J connectivity index is 1.03. The molecule has 0 fully saturated rings. The number of fused-ring (bicyclic) bond motifs is 24. The van der Waals surface area contributed by atoms with E-state index in [-0.39, 0.29) is 13.2 Å². The molecule has 1 aliphatic heterocycles. The van der Waals surface area contributed by atoms with E-state index >= 15 is 0 Å². The third kappa shape index (κ3) is 10.9. The molecule has 2 aromatic carbocycles. The van der Waals surface area contributed by atoms with Crippen LogP contribution in [0.4, 0.5) is 0 Å². The molecule has 0 saturated heterocycles. The molecule has 16 bridgehead atoms. The van der Waals surface area contributed by atoms with Crippen molar-refractivity contribution in [1.29, 1.82) is 0 Å². The van der Waals surface area contributed by atoms with Gasteiger partial charge in [0.1, 0.15) is 47.5 Å². The van der Waals surface area contributed by atoms with Gasteiger partial charge in [-0.3, -0.25) is 0 Å². The summed E-state index contributed by atoms with van der Waals surface area (Å²) in [5, 5.41) is 35.9. The van der Waals surface area contributed by atoms with Gasteiger partial charge in [0, 0.05) is 38.5 Å². The van der Waals surface area contributed by atoms with Gasteiger partial charge in [-0.1, -0.05) is 33.0 Å². The lowest BCUT2D eigenvalue weighted by Crippen LogP contribution is -2.12. The van der Waals surface area contributed by atoms with Crippen LogP contribution in [0.15, 0.2) is 97.6 Å². The van der Waals surface area contributed by atoms with Crippen molar-refractivity contribution in [2.24, 2.45) is 0 Å². The molecule has 66 heavy (non-hydrogen) atoms. The predicted octanol–water partition coefficient (Wildman–Crippen LogP) is 3.90. The Kier molecular flexibility index (Phi) is 14.3. The quantitative estimate of drug-likeness (QED) is 0.0990. The van der Waals surface area contributed by atoms with Gasteiger partial charge in [-0.05, 0) is 36.4 Å². The number of rotatable bonds is 20. The molecule has 22 heteroatoms. The number of methoxy groups -OCH3 is 2. The van der Waals surface area contributed by atoms with Crippen molar-refractivity contribution in [3.63, 3.8) is 0 Å². The number of benzene rings is 2. The van der Waals surface area contributed by atoms with Crippen molar-refractivity contribution in [2.75, 3.05) is 93.5 Å². The second-order valence-electron chi connectivity index (χ2n) is 14.5. The van der Waals surface area contributed by atoms with Crippen molar-refractivity contribution in [2.45, 2.75) is 0 Å². The summed E-state index contributed by atoms with van der Waals surface area (Å²) in [6.45, 7) is 5.13. The lowest BCUT2D eigenvalue weighted by molar-refractivity contribution is 0.0180. The summed E-state index contributed by atoms with van der Waals surface area (Å²) in [5.41, 5.74) is 7.08. The summed E-state index contributed by atoms with van der Waals surface area (Å²) >= 11 is 0. The van der Waals surface area contributed by atoms with Gasteiger partial charge in [0.05, 0.1) is 136 Å². The van der Waals surface area contributed by atoms with Gasteiger partial charge >= 0.3 is 0 Å². The average Bonchev–Trinajstić information content (AvgIpc) is 4.21. The molecule has 0 atom stereocenters. The van der Waals surface area contributed by atoms with Crippen LogP contribution in [0.3, 0.4) is 0 Å². The molecule has 6 aromatic heterocycles. The summed E-state index contributed by atoms with van der Waals surface area (Å²) in [6.07, 6.45) is 7.18. The largest absolute Gasteiger partial charge is 0.491 e. The summed E-state index contributed by atoms with van der Waals surface area (Å²) in [4.78, 5) is 9.81. The molecule has 0 N–H and O–H groups in total. The van der Waals surface area contributed by atoms with Crippen molar-refractivity contribution in [3.05, 3.63) is 97.6 Å². The second-order valence-corrected chi connectivity index (χ2v) is 14.5. The van der Waals surface area contributed by atoms with E-state index in [1.54, 1.807) is 57.7 Å². The number of nitrogens with zero attached hydrogens (tertiary/aromatic N) is 14. The van der Waals surface area contributed by atoms with E-state index in [1.165, 1.54) is 0 Å². The molecule has 340 valence electrons. The van der Waals surface area contributed by atoms with Gasteiger partial charge in [-0.2, -0.15) is 0 Å². The van der Waals surface area contributed by atoms with Crippen LogP contribution in [0, 0.1) is 0 Å². The van der Waals surface area contributed by atoms with Crippen molar-refractivity contribution in [1.82, 2.24) is 69.9 Å². The van der Waals surface area contributed by atoms with E-state index in [4.69, 9.17) is 47.9 Å². The normalized spacial score (nSPS) is 11.7. The van der Waals surface area contributed by atoms with Crippen LogP contribution >= 0.6 is 0 Å². The molecule has 0 spiro atoms. The first-order valence-electron chi connectivity index (χ1n) is 21.1. The lowest BCUT2D eigenvalue weighted by atomic mass is 10.2. The molecule has 22 nitrogen and oxygen atoms in total. The van der Waals surface area contributed by atoms with E-state index in [0.717, 1.165) is 0 Å². The highest BCUT2D eigenvalue weighted by Crippen LogP contribution is 2.29. The first-order chi connectivity index (χ1) is 32.6. The van der Waals surface area contributed by atoms with Crippen LogP contribution in [-0.4, -0.2) is 163 Å². The minimum absolute atomic E-state index is 0.289. The topological polar surface area (TPSA) is 222 Å². The zero-order valence-corrected chi connectivity index (χ0v) is 36.2. The fourth-order valence-electron chi connectivity index (χ4n) is 6.67. The van der Waals surface area contributed by atoms with Crippen LogP contribution in [0.25, 0.3) is 68.3 Å². The Morgan fingerprint density at radius 2 is 0.636 bits per heavy atom. The van der Waals surface area contributed by atoms with E-state index < -0.39 is 0 Å². The van der Waals surface area contributed by atoms with Crippen LogP contribution < -0.4 is 9.47 Å². The Hall–Kier alpha value is -7.34. The van der Waals surface area contributed by atoms with Gasteiger partial charge in [0.15, 0.2) is 0 Å². The maximum atomic E-state index is 6.19. The highest BCUT2D eigenvalue weighted by molar-refractivity contribution is 5.63. The van der Waals surface area contributed by atoms with E-state index in [0.29, 0.717) is 146 Å². The lowest BCUT2D eigenvalue weighted by Gasteiger charge is -2.11. The standard InChI is InChI=1S/C44H46N14O8/c1-59-9-11-61-13-15-63-17-19-65-35-23-31-21-32(24-35)56-28-42(48-52-56)38-6-4-8-40(46-38)44-30-58(54-50-44)34-22-33(25-36(26-34)66-20-18-64-16-14-62-12-10-60-2)57-29-43(49-53-57)39-7-3-5-37(45-39)41-27-55(31)51-47-41/h3-8,21-30H,9-20H2,1-2H3. The maximum absolute atomic E-state index is 6.19. The molecule has 9 rings (SSSR count). The fourth-order valence-corrected chi connectivity index (χ4v) is 6.67. The molecule has 0 saturated carbocycles. The minimum atomic E-state index is 0.289. The van der Waals surface area contributed by atoms with E-state index in [9.17, 15) is 0 Å². The number of pyridine rings is 2. The van der Waals surface area contributed by atoms with Crippen LogP contribution in [0.5, 0.6) is 11.5 Å². The Morgan fingerprint density at radius 1 is 0.348 bits per heavy atom. The highest BCUT2D eigenvalue weighted by Gasteiger charge is 2.17. The Morgan fingerprint density at radius 3 is 0.939 bits per heavy atom. The monoisotopic (exact) mass is 898 g/mol. The number of hydrogen-bond acceptors (Lipinski definition) is 18. The summed E-state index contributed by atoms with van der Waals surface area (Å²) in [6, 6.07) is 22.5. The average molecular weight is 899 g/mol. The molecular weight excluding hydrogens is 853 g/mol. The van der Waals surface area contributed by atoms with Crippen molar-refractivity contribution < 1.29 is 37.9 Å². The van der Waals surface area contributed by atoms with Gasteiger partial charge < -0.3 is 37.9 Å². The smallest absolute Gasteiger partial charge is 0.131 e. The third-order valence-electron chi connectivity index (χ3n) is 9.93. The molecule has 0 radical (unpaired) electrons. The number of ether oxygens (including phenoxy) is 8. The van der Waals surface area contributed by atoms with E-state index in [1.807, 2.05) is 72.8 Å². The van der Waals surface area contributed by atoms with Crippen LogP contribution in [-0.2, 0) is 28.4 Å².